The summed E-state index contributed by atoms with van der Waals surface area (Å²) in [5.74, 6) is 0. The fourth-order valence-electron chi connectivity index (χ4n) is 0.476. The average molecular weight is 182 g/mol. The van der Waals surface area contributed by atoms with E-state index in [0.29, 0.717) is 0 Å². The summed E-state index contributed by atoms with van der Waals surface area (Å²) >= 11 is 0. The molecule has 0 heterocycles. The second-order valence-electron chi connectivity index (χ2n) is 2.34. The number of hydrogen-bond donors (Lipinski definition) is 0. The molecule has 0 aromatic rings. The number of nitrogens with zero attached hydrogens (tertiary/aromatic N) is 2. The molecule has 0 spiro atoms. The van der Waals surface area contributed by atoms with E-state index in [4.69, 9.17) is 0 Å². The Balaban J connectivity index is 0. The molecule has 0 bridgehead atoms. The van der Waals surface area contributed by atoms with Crippen LogP contribution in [-0.2, 0) is 0 Å². The van der Waals surface area contributed by atoms with Crippen LogP contribution < -0.4 is 0 Å². The molecule has 0 amide bonds. The van der Waals surface area contributed by atoms with Crippen molar-refractivity contribution in [2.75, 3.05) is 0 Å². The lowest BCUT2D eigenvalue weighted by Crippen LogP contribution is -1.90. The Bertz CT molecular complexity index is 179. The van der Waals surface area contributed by atoms with E-state index >= 15 is 0 Å². The lowest BCUT2D eigenvalue weighted by atomic mass is 10.3. The van der Waals surface area contributed by atoms with Crippen LogP contribution in [0.2, 0.25) is 0 Å². The van der Waals surface area contributed by atoms with Crippen molar-refractivity contribution in [3.63, 3.8) is 0 Å². The van der Waals surface area contributed by atoms with Crippen LogP contribution in [0.1, 0.15) is 47.5 Å². The van der Waals surface area contributed by atoms with Gasteiger partial charge in [0.25, 0.3) is 0 Å². The molecule has 13 heavy (non-hydrogen) atoms. The Morgan fingerprint density at radius 2 is 1.69 bits per heavy atom. The minimum Gasteiger partial charge on any atom is -0.160 e. The lowest BCUT2D eigenvalue weighted by Gasteiger charge is -1.92. The minimum absolute atomic E-state index is 0.893. The molecule has 0 fully saturated rings. The van der Waals surface area contributed by atoms with E-state index in [2.05, 4.69) is 23.7 Å². The van der Waals surface area contributed by atoms with Gasteiger partial charge in [0.1, 0.15) is 0 Å². The van der Waals surface area contributed by atoms with Crippen LogP contribution in [0.3, 0.4) is 0 Å². The Morgan fingerprint density at radius 3 is 2.00 bits per heavy atom. The van der Waals surface area contributed by atoms with Crippen molar-refractivity contribution >= 4 is 11.4 Å². The highest BCUT2D eigenvalue weighted by atomic mass is 15.2. The zero-order valence-corrected chi connectivity index (χ0v) is 9.59. The average Bonchev–Trinajstić information content (AvgIpc) is 2.22. The van der Waals surface area contributed by atoms with Crippen LogP contribution in [0, 0.1) is 0 Å². The fourth-order valence-corrected chi connectivity index (χ4v) is 0.476. The van der Waals surface area contributed by atoms with Gasteiger partial charge in [-0.1, -0.05) is 34.3 Å². The first-order valence-electron chi connectivity index (χ1n) is 4.97. The highest BCUT2D eigenvalue weighted by Crippen LogP contribution is 1.91. The maximum absolute atomic E-state index is 4.02. The molecule has 0 aromatic heterocycles. The highest BCUT2D eigenvalue weighted by molar-refractivity contribution is 5.94. The van der Waals surface area contributed by atoms with E-state index in [1.165, 1.54) is 0 Å². The third-order valence-corrected chi connectivity index (χ3v) is 1.46. The van der Waals surface area contributed by atoms with Crippen molar-refractivity contribution in [3.05, 3.63) is 12.7 Å². The van der Waals surface area contributed by atoms with Crippen LogP contribution in [0.4, 0.5) is 0 Å². The van der Waals surface area contributed by atoms with Crippen LogP contribution in [0.15, 0.2) is 22.9 Å². The first kappa shape index (κ1) is 14.6. The molecule has 0 saturated heterocycles. The predicted octanol–water partition coefficient (Wildman–Crippen LogP) is 3.84. The molecule has 2 nitrogen and oxygen atoms in total. The summed E-state index contributed by atoms with van der Waals surface area (Å²) in [6.45, 7) is 13.7. The normalized spacial score (nSPS) is 11.8. The Hall–Kier alpha value is -0.920. The molecular formula is C11H22N2. The highest BCUT2D eigenvalue weighted by Gasteiger charge is 1.87. The van der Waals surface area contributed by atoms with E-state index in [0.717, 1.165) is 24.3 Å². The van der Waals surface area contributed by atoms with Crippen LogP contribution >= 0.6 is 0 Å². The van der Waals surface area contributed by atoms with Crippen LogP contribution in [-0.4, -0.2) is 11.4 Å². The zero-order valence-electron chi connectivity index (χ0n) is 9.59. The number of hydrogen-bond acceptors (Lipinski definition) is 2. The van der Waals surface area contributed by atoms with Crippen molar-refractivity contribution in [1.82, 2.24) is 0 Å². The lowest BCUT2D eigenvalue weighted by molar-refractivity contribution is 1.13. The largest absolute Gasteiger partial charge is 0.160 e. The van der Waals surface area contributed by atoms with Gasteiger partial charge in [-0.25, -0.2) is 0 Å². The molecule has 0 N–H and O–H groups in total. The second kappa shape index (κ2) is 11.1. The second-order valence-corrected chi connectivity index (χ2v) is 2.34. The van der Waals surface area contributed by atoms with Crippen molar-refractivity contribution in [2.45, 2.75) is 47.5 Å². The van der Waals surface area contributed by atoms with E-state index in [1.807, 2.05) is 27.7 Å². The number of rotatable bonds is 4. The van der Waals surface area contributed by atoms with Gasteiger partial charge in [0.15, 0.2) is 0 Å². The molecule has 0 aliphatic carbocycles. The molecule has 0 unspecified atom stereocenters. The molecule has 0 atom stereocenters. The summed E-state index contributed by atoms with van der Waals surface area (Å²) in [6.07, 6.45) is 3.59. The first-order valence-corrected chi connectivity index (χ1v) is 4.97. The molecule has 0 aromatic carbocycles. The topological polar surface area (TPSA) is 24.7 Å². The summed E-state index contributed by atoms with van der Waals surface area (Å²) in [4.78, 5) is 0. The third-order valence-electron chi connectivity index (χ3n) is 1.46. The SMILES string of the molecule is C=C/C(CC)=N\N=C(/C)CC.CC. The van der Waals surface area contributed by atoms with E-state index in [9.17, 15) is 0 Å². The maximum atomic E-state index is 4.02. The molecule has 0 aliphatic rings. The zero-order chi connectivity index (χ0) is 10.7. The molecule has 0 radical (unpaired) electrons. The summed E-state index contributed by atoms with van der Waals surface area (Å²) in [6, 6.07) is 0. The maximum Gasteiger partial charge on any atom is 0.0621 e. The van der Waals surface area contributed by atoms with Crippen molar-refractivity contribution in [3.8, 4) is 0 Å². The van der Waals surface area contributed by atoms with E-state index in [1.54, 1.807) is 6.08 Å². The summed E-state index contributed by atoms with van der Waals surface area (Å²) < 4.78 is 0. The van der Waals surface area contributed by atoms with Gasteiger partial charge >= 0.3 is 0 Å². The van der Waals surface area contributed by atoms with Gasteiger partial charge in [0.2, 0.25) is 0 Å². The molecular weight excluding hydrogens is 160 g/mol. The van der Waals surface area contributed by atoms with E-state index in [-0.39, 0.29) is 0 Å². The molecule has 0 rings (SSSR count). The Morgan fingerprint density at radius 1 is 1.15 bits per heavy atom. The molecule has 0 aliphatic heterocycles. The standard InChI is InChI=1S/C9H16N2.C2H6/c1-5-8(4)10-11-9(6-2)7-3;1-2/h6H,2,5,7H2,1,3-4H3;1-2H3/b10-8+,11-9+;. The molecule has 2 heteroatoms. The summed E-state index contributed by atoms with van der Waals surface area (Å²) in [5, 5.41) is 8.04. The van der Waals surface area contributed by atoms with Crippen LogP contribution in [0.25, 0.3) is 0 Å². The van der Waals surface area contributed by atoms with Gasteiger partial charge < -0.3 is 0 Å². The van der Waals surface area contributed by atoms with Crippen molar-refractivity contribution in [2.24, 2.45) is 10.2 Å². The fraction of sp³-hybridized carbons (Fsp3) is 0.636. The minimum atomic E-state index is 0.893. The van der Waals surface area contributed by atoms with Gasteiger partial charge in [-0.2, -0.15) is 10.2 Å². The summed E-state index contributed by atoms with van der Waals surface area (Å²) in [5.41, 5.74) is 2.00. The predicted molar refractivity (Wildman–Crippen MR) is 62.7 cm³/mol. The summed E-state index contributed by atoms with van der Waals surface area (Å²) in [7, 11) is 0. The molecule has 76 valence electrons. The van der Waals surface area contributed by atoms with Crippen molar-refractivity contribution in [1.29, 1.82) is 0 Å². The van der Waals surface area contributed by atoms with Gasteiger partial charge in [0, 0.05) is 5.71 Å². The first-order chi connectivity index (χ1) is 6.24. The number of allylic oxidation sites excluding steroid dienone is 1. The third kappa shape index (κ3) is 8.99. The monoisotopic (exact) mass is 182 g/mol. The van der Waals surface area contributed by atoms with Gasteiger partial charge in [-0.15, -0.1) is 0 Å². The van der Waals surface area contributed by atoms with Crippen molar-refractivity contribution < 1.29 is 0 Å². The van der Waals surface area contributed by atoms with Gasteiger partial charge in [0.05, 0.1) is 5.71 Å². The molecule has 0 saturated carbocycles. The van der Waals surface area contributed by atoms with E-state index < -0.39 is 0 Å². The van der Waals surface area contributed by atoms with Gasteiger partial charge in [-0.3, -0.25) is 0 Å². The quantitative estimate of drug-likeness (QED) is 0.466. The smallest absolute Gasteiger partial charge is 0.0621 e. The van der Waals surface area contributed by atoms with Gasteiger partial charge in [-0.05, 0) is 25.8 Å². The Labute approximate surface area is 82.5 Å². The van der Waals surface area contributed by atoms with Crippen LogP contribution in [0.5, 0.6) is 0 Å². The Kier molecular flexibility index (Phi) is 12.4.